The van der Waals surface area contributed by atoms with E-state index in [2.05, 4.69) is 58.1 Å². The zero-order chi connectivity index (χ0) is 28.6. The molecule has 4 aliphatic heterocycles. The van der Waals surface area contributed by atoms with Crippen LogP contribution in [-0.4, -0.2) is 141 Å². The average molecular weight is 565 g/mol. The monoisotopic (exact) mass is 565 g/mol. The Kier molecular flexibility index (Phi) is 25.0. The summed E-state index contributed by atoms with van der Waals surface area (Å²) < 4.78 is 8.99. The van der Waals surface area contributed by atoms with Gasteiger partial charge in [0, 0.05) is 78.2 Å². The number of aryl methyl sites for hydroxylation is 2. The summed E-state index contributed by atoms with van der Waals surface area (Å²) >= 11 is 0. The van der Waals surface area contributed by atoms with E-state index in [1.165, 1.54) is 71.4 Å². The molecule has 0 aliphatic carbocycles. The van der Waals surface area contributed by atoms with Crippen molar-refractivity contribution >= 4 is 0 Å². The minimum atomic E-state index is 0. The van der Waals surface area contributed by atoms with E-state index in [1.54, 1.807) is 12.5 Å². The lowest BCUT2D eigenvalue weighted by molar-refractivity contribution is 0.0503. The molecule has 0 atom stereocenters. The van der Waals surface area contributed by atoms with Crippen LogP contribution in [0.5, 0.6) is 0 Å². The number of ether oxygens (including phenoxy) is 1. The Morgan fingerprint density at radius 2 is 1.00 bits per heavy atom. The first kappa shape index (κ1) is 38.2. The first-order valence-corrected chi connectivity index (χ1v) is 14.9. The molecule has 4 saturated heterocycles. The highest BCUT2D eigenvalue weighted by molar-refractivity contribution is 4.88. The summed E-state index contributed by atoms with van der Waals surface area (Å²) in [6, 6.07) is 4.00. The molecule has 234 valence electrons. The van der Waals surface area contributed by atoms with E-state index < -0.39 is 0 Å². The summed E-state index contributed by atoms with van der Waals surface area (Å²) in [5, 5.41) is 3.27. The van der Waals surface area contributed by atoms with E-state index in [0.29, 0.717) is 0 Å². The van der Waals surface area contributed by atoms with Gasteiger partial charge in [-0.25, -0.2) is 4.98 Å². The number of piperazine rings is 1. The maximum absolute atomic E-state index is 5.10. The van der Waals surface area contributed by atoms with Gasteiger partial charge in [0.05, 0.1) is 19.5 Å². The molecule has 0 bridgehead atoms. The predicted octanol–water partition coefficient (Wildman–Crippen LogP) is 3.37. The highest BCUT2D eigenvalue weighted by Gasteiger charge is 2.04. The van der Waals surface area contributed by atoms with Gasteiger partial charge in [-0.05, 0) is 92.2 Å². The first-order chi connectivity index (χ1) is 18.9. The molecular formula is C31H64N8O. The lowest BCUT2D eigenvalue weighted by Crippen LogP contribution is -2.40. The largest absolute Gasteiger partial charge is 0.379 e. The van der Waals surface area contributed by atoms with Crippen LogP contribution in [0.2, 0.25) is 0 Å². The van der Waals surface area contributed by atoms with Gasteiger partial charge in [-0.2, -0.15) is 0 Å². The van der Waals surface area contributed by atoms with Gasteiger partial charge >= 0.3 is 0 Å². The van der Waals surface area contributed by atoms with Crippen molar-refractivity contribution in [2.45, 2.75) is 39.5 Å². The van der Waals surface area contributed by atoms with Crippen molar-refractivity contribution in [3.05, 3.63) is 43.2 Å². The maximum Gasteiger partial charge on any atom is 0.0943 e. The van der Waals surface area contributed by atoms with Crippen LogP contribution in [0.15, 0.2) is 43.2 Å². The normalized spacial score (nSPS) is 19.8. The molecule has 0 radical (unpaired) electrons. The van der Waals surface area contributed by atoms with Gasteiger partial charge in [-0.3, -0.25) is 0 Å². The van der Waals surface area contributed by atoms with Gasteiger partial charge in [0.15, 0.2) is 0 Å². The van der Waals surface area contributed by atoms with Crippen LogP contribution in [0.4, 0.5) is 0 Å². The highest BCUT2D eigenvalue weighted by atomic mass is 16.5. The summed E-state index contributed by atoms with van der Waals surface area (Å²) in [6.45, 7) is 14.0. The topological polar surface area (TPSA) is 57.0 Å². The summed E-state index contributed by atoms with van der Waals surface area (Å²) in [7, 11) is 12.6. The fourth-order valence-electron chi connectivity index (χ4n) is 4.10. The highest BCUT2D eigenvalue weighted by Crippen LogP contribution is 2.04. The van der Waals surface area contributed by atoms with Crippen LogP contribution >= 0.6 is 0 Å². The minimum Gasteiger partial charge on any atom is -0.379 e. The molecule has 0 amide bonds. The van der Waals surface area contributed by atoms with E-state index in [4.69, 9.17) is 4.74 Å². The summed E-state index contributed by atoms with van der Waals surface area (Å²) in [5.41, 5.74) is 0. The van der Waals surface area contributed by atoms with Crippen LogP contribution in [0.25, 0.3) is 0 Å². The molecule has 4 aliphatic rings. The third-order valence-electron chi connectivity index (χ3n) is 6.87. The Morgan fingerprint density at radius 1 is 0.550 bits per heavy atom. The molecule has 2 aromatic heterocycles. The Bertz CT molecular complexity index is 646. The molecule has 40 heavy (non-hydrogen) atoms. The fourth-order valence-corrected chi connectivity index (χ4v) is 4.10. The van der Waals surface area contributed by atoms with Crippen molar-refractivity contribution in [2.75, 3.05) is 107 Å². The SMILES string of the molecule is C.CN1CCCC1.CN1CCCCC1.CN1CCNCC1.CN1CCOCC1.Cn1cccc1.Cn1ccnc1. The van der Waals surface area contributed by atoms with Crippen LogP contribution < -0.4 is 5.32 Å². The smallest absolute Gasteiger partial charge is 0.0943 e. The van der Waals surface area contributed by atoms with Crippen molar-refractivity contribution in [1.29, 1.82) is 0 Å². The van der Waals surface area contributed by atoms with Crippen LogP contribution in [0.1, 0.15) is 39.5 Å². The van der Waals surface area contributed by atoms with E-state index in [-0.39, 0.29) is 7.43 Å². The number of hydrogen-bond donors (Lipinski definition) is 1. The van der Waals surface area contributed by atoms with Crippen molar-refractivity contribution in [3.8, 4) is 0 Å². The maximum atomic E-state index is 5.10. The van der Waals surface area contributed by atoms with E-state index in [0.717, 1.165) is 39.4 Å². The number of likely N-dealkylation sites (tertiary alicyclic amines) is 2. The van der Waals surface area contributed by atoms with Gasteiger partial charge in [-0.15, -0.1) is 0 Å². The fraction of sp³-hybridized carbons (Fsp3) is 0.774. The second-order valence-corrected chi connectivity index (χ2v) is 10.9. The molecule has 0 saturated carbocycles. The Balaban J connectivity index is 0.000000455. The second kappa shape index (κ2) is 26.2. The van der Waals surface area contributed by atoms with Gasteiger partial charge in [-0.1, -0.05) is 13.8 Å². The molecule has 1 N–H and O–H groups in total. The lowest BCUT2D eigenvalue weighted by Gasteiger charge is -2.21. The van der Waals surface area contributed by atoms with Crippen molar-refractivity contribution in [1.82, 2.24) is 39.0 Å². The van der Waals surface area contributed by atoms with Crippen molar-refractivity contribution in [3.63, 3.8) is 0 Å². The Labute approximate surface area is 247 Å². The zero-order valence-electron chi connectivity index (χ0n) is 26.1. The molecule has 0 aromatic carbocycles. The molecule has 2 aromatic rings. The number of morpholine rings is 1. The molecule has 4 fully saturated rings. The summed E-state index contributed by atoms with van der Waals surface area (Å²) in [5.74, 6) is 0. The van der Waals surface area contributed by atoms with Crippen LogP contribution in [-0.2, 0) is 18.8 Å². The number of nitrogens with one attached hydrogen (secondary N) is 1. The zero-order valence-corrected chi connectivity index (χ0v) is 26.1. The number of imidazole rings is 1. The Hall–Kier alpha value is -1.75. The first-order valence-electron chi connectivity index (χ1n) is 14.9. The second-order valence-electron chi connectivity index (χ2n) is 10.9. The third-order valence-corrected chi connectivity index (χ3v) is 6.87. The number of likely N-dealkylation sites (N-methyl/N-ethyl adjacent to an activating group) is 2. The summed E-state index contributed by atoms with van der Waals surface area (Å²) in [4.78, 5) is 13.1. The van der Waals surface area contributed by atoms with Crippen molar-refractivity contribution < 1.29 is 4.74 Å². The molecule has 0 unspecified atom stereocenters. The lowest BCUT2D eigenvalue weighted by atomic mass is 10.1. The van der Waals surface area contributed by atoms with E-state index in [9.17, 15) is 0 Å². The number of nitrogens with zero attached hydrogens (tertiary/aromatic N) is 7. The van der Waals surface area contributed by atoms with E-state index in [1.807, 2.05) is 54.0 Å². The summed E-state index contributed by atoms with van der Waals surface area (Å²) in [6.07, 6.45) is 16.5. The number of rotatable bonds is 0. The number of aromatic nitrogens is 3. The van der Waals surface area contributed by atoms with Gasteiger partial charge in [0.25, 0.3) is 0 Å². The predicted molar refractivity (Wildman–Crippen MR) is 172 cm³/mol. The number of piperidine rings is 1. The number of hydrogen-bond acceptors (Lipinski definition) is 7. The molecule has 6 heterocycles. The average Bonchev–Trinajstić information content (AvgIpc) is 3.73. The standard InChI is InChI=1S/C6H13N.C5H12N2.C5H11NO.C5H11N.C5H7N.C4H6N2.CH4/c1-7-5-3-2-4-6-7;1-7-4-2-6-3-5-7;1-6-2-4-7-5-3-6;2*1-6-4-2-3-5-6;1-6-3-2-5-4-6;/h2-6H2,1H3;6H,2-5H2,1H3;2-5H2,1H3;2-5H2,1H3;2-5H,1H3;2-4H,1H3;1H4. The quantitative estimate of drug-likeness (QED) is 0.527. The molecular weight excluding hydrogens is 500 g/mol. The van der Waals surface area contributed by atoms with Crippen molar-refractivity contribution in [2.24, 2.45) is 14.1 Å². The third kappa shape index (κ3) is 24.1. The van der Waals surface area contributed by atoms with Gasteiger partial charge in [0.2, 0.25) is 0 Å². The van der Waals surface area contributed by atoms with E-state index >= 15 is 0 Å². The van der Waals surface area contributed by atoms with Crippen LogP contribution in [0, 0.1) is 0 Å². The van der Waals surface area contributed by atoms with Gasteiger partial charge in [0.1, 0.15) is 0 Å². The molecule has 0 spiro atoms. The minimum absolute atomic E-state index is 0. The molecule has 9 heteroatoms. The molecule has 9 nitrogen and oxygen atoms in total. The molecule has 6 rings (SSSR count). The van der Waals surface area contributed by atoms with Gasteiger partial charge < -0.3 is 38.8 Å². The van der Waals surface area contributed by atoms with Crippen LogP contribution in [0.3, 0.4) is 0 Å². The Morgan fingerprint density at radius 3 is 1.20 bits per heavy atom.